The number of nitrogen functional groups attached to an aromatic ring is 1. The Morgan fingerprint density at radius 1 is 0.976 bits per heavy atom. The second-order valence-corrected chi connectivity index (χ2v) is 10.6. The van der Waals surface area contributed by atoms with Gasteiger partial charge in [0.15, 0.2) is 11.5 Å². The molecular weight excluding hydrogens is 538 g/mol. The first-order valence-corrected chi connectivity index (χ1v) is 14.5. The third-order valence-electron chi connectivity index (χ3n) is 6.56. The van der Waals surface area contributed by atoms with Gasteiger partial charge in [-0.2, -0.15) is 11.8 Å². The number of hydrogen-bond acceptors (Lipinski definition) is 9. The summed E-state index contributed by atoms with van der Waals surface area (Å²) in [4.78, 5) is 40.4. The Hall–Kier alpha value is -4.64. The van der Waals surface area contributed by atoms with E-state index in [2.05, 4.69) is 30.5 Å². The molecular formula is C30H31N7O3S. The number of pyridine rings is 1. The van der Waals surface area contributed by atoms with Crippen molar-refractivity contribution >= 4 is 41.0 Å². The minimum Gasteiger partial charge on any atom is -0.445 e. The van der Waals surface area contributed by atoms with Crippen molar-refractivity contribution in [2.24, 2.45) is 0 Å². The fourth-order valence-electron chi connectivity index (χ4n) is 4.37. The van der Waals surface area contributed by atoms with Gasteiger partial charge >= 0.3 is 6.09 Å². The lowest BCUT2D eigenvalue weighted by Crippen LogP contribution is -2.33. The van der Waals surface area contributed by atoms with Crippen molar-refractivity contribution < 1.29 is 14.3 Å². The van der Waals surface area contributed by atoms with Crippen LogP contribution in [0.2, 0.25) is 0 Å². The predicted molar refractivity (Wildman–Crippen MR) is 162 cm³/mol. The number of anilines is 3. The van der Waals surface area contributed by atoms with E-state index in [0.29, 0.717) is 24.3 Å². The number of ether oxygens (including phenoxy) is 1. The first-order valence-electron chi connectivity index (χ1n) is 13.3. The lowest BCUT2D eigenvalue weighted by molar-refractivity contribution is 0.102. The fraction of sp³-hybridized carbons (Fsp3) is 0.233. The van der Waals surface area contributed by atoms with E-state index in [1.165, 1.54) is 0 Å². The molecule has 1 aliphatic heterocycles. The van der Waals surface area contributed by atoms with E-state index in [1.807, 2.05) is 72.4 Å². The molecule has 0 spiro atoms. The van der Waals surface area contributed by atoms with Crippen LogP contribution in [-0.2, 0) is 17.8 Å². The number of alkyl carbamates (subject to hydrolysis) is 1. The molecule has 10 nitrogen and oxygen atoms in total. The Bertz CT molecular complexity index is 1480. The van der Waals surface area contributed by atoms with Crippen molar-refractivity contribution in [3.63, 3.8) is 0 Å². The SMILES string of the molecule is Nc1ncc(-c2ccc(CCNC(=O)OCc3ccccc3)cc2)nc1C(=O)Nc1cnccc1N1CCSCC1. The Labute approximate surface area is 242 Å². The van der Waals surface area contributed by atoms with Crippen molar-refractivity contribution in [1.82, 2.24) is 20.3 Å². The molecule has 2 aromatic carbocycles. The summed E-state index contributed by atoms with van der Waals surface area (Å²) < 4.78 is 5.24. The van der Waals surface area contributed by atoms with Gasteiger partial charge in [-0.25, -0.2) is 14.8 Å². The number of thioether (sulfide) groups is 1. The van der Waals surface area contributed by atoms with Gasteiger partial charge in [0.1, 0.15) is 6.61 Å². The van der Waals surface area contributed by atoms with Crippen LogP contribution in [0.1, 0.15) is 21.6 Å². The number of carbonyl (C=O) groups excluding carboxylic acids is 2. The van der Waals surface area contributed by atoms with Gasteiger partial charge in [0, 0.05) is 42.9 Å². The van der Waals surface area contributed by atoms with E-state index < -0.39 is 12.0 Å². The summed E-state index contributed by atoms with van der Waals surface area (Å²) in [7, 11) is 0. The molecule has 2 amide bonds. The highest BCUT2D eigenvalue weighted by Crippen LogP contribution is 2.28. The van der Waals surface area contributed by atoms with Crippen LogP contribution in [0.15, 0.2) is 79.3 Å². The molecule has 0 unspecified atom stereocenters. The molecule has 0 bridgehead atoms. The number of benzene rings is 2. The number of nitrogens with one attached hydrogen (secondary N) is 2. The third kappa shape index (κ3) is 7.52. The van der Waals surface area contributed by atoms with E-state index >= 15 is 0 Å². The number of nitrogens with two attached hydrogens (primary N) is 1. The molecule has 4 aromatic rings. The first-order chi connectivity index (χ1) is 20.1. The summed E-state index contributed by atoms with van der Waals surface area (Å²) in [6.45, 7) is 2.47. The molecule has 2 aromatic heterocycles. The second-order valence-electron chi connectivity index (χ2n) is 9.37. The maximum Gasteiger partial charge on any atom is 0.407 e. The molecule has 0 atom stereocenters. The van der Waals surface area contributed by atoms with Gasteiger partial charge < -0.3 is 26.0 Å². The predicted octanol–water partition coefficient (Wildman–Crippen LogP) is 4.40. The molecule has 0 saturated carbocycles. The lowest BCUT2D eigenvalue weighted by atomic mass is 10.1. The molecule has 1 fully saturated rings. The number of rotatable bonds is 9. The number of aromatic nitrogens is 3. The molecule has 5 rings (SSSR count). The summed E-state index contributed by atoms with van der Waals surface area (Å²) in [6.07, 6.45) is 5.08. The normalized spacial score (nSPS) is 12.9. The maximum atomic E-state index is 13.2. The quantitative estimate of drug-likeness (QED) is 0.268. The molecule has 0 radical (unpaired) electrons. The fourth-order valence-corrected chi connectivity index (χ4v) is 5.28. The summed E-state index contributed by atoms with van der Waals surface area (Å²) in [5, 5.41) is 5.69. The zero-order valence-corrected chi connectivity index (χ0v) is 23.3. The number of carbonyl (C=O) groups is 2. The lowest BCUT2D eigenvalue weighted by Gasteiger charge is -2.30. The van der Waals surface area contributed by atoms with Gasteiger partial charge in [-0.3, -0.25) is 9.78 Å². The van der Waals surface area contributed by atoms with Crippen LogP contribution in [0, 0.1) is 0 Å². The summed E-state index contributed by atoms with van der Waals surface area (Å²) in [5.74, 6) is 1.67. The van der Waals surface area contributed by atoms with Crippen LogP contribution in [0.25, 0.3) is 11.3 Å². The van der Waals surface area contributed by atoms with Crippen molar-refractivity contribution in [1.29, 1.82) is 0 Å². The van der Waals surface area contributed by atoms with Gasteiger partial charge in [-0.05, 0) is 23.6 Å². The summed E-state index contributed by atoms with van der Waals surface area (Å²) >= 11 is 1.92. The molecule has 41 heavy (non-hydrogen) atoms. The van der Waals surface area contributed by atoms with Gasteiger partial charge in [0.05, 0.1) is 29.5 Å². The van der Waals surface area contributed by atoms with E-state index in [9.17, 15) is 9.59 Å². The van der Waals surface area contributed by atoms with Crippen molar-refractivity contribution in [3.05, 3.63) is 96.1 Å². The minimum absolute atomic E-state index is 0.0490. The van der Waals surface area contributed by atoms with Crippen LogP contribution >= 0.6 is 11.8 Å². The van der Waals surface area contributed by atoms with Gasteiger partial charge in [0.25, 0.3) is 5.91 Å². The third-order valence-corrected chi connectivity index (χ3v) is 7.50. The first kappa shape index (κ1) is 27.9. The standard InChI is InChI=1S/C30H31N7O3S/c31-28-27(29(38)36-25-18-32-12-11-26(25)37-14-16-41-17-15-37)35-24(19-34-28)23-8-6-21(7-9-23)10-13-33-30(39)40-20-22-4-2-1-3-5-22/h1-9,11-12,18-19H,10,13-17,20H2,(H2,31,34)(H,33,39)(H,36,38). The van der Waals surface area contributed by atoms with Crippen molar-refractivity contribution in [2.45, 2.75) is 13.0 Å². The number of nitrogens with zero attached hydrogens (tertiary/aromatic N) is 4. The van der Waals surface area contributed by atoms with Gasteiger partial charge in [-0.15, -0.1) is 0 Å². The molecule has 3 heterocycles. The van der Waals surface area contributed by atoms with Crippen LogP contribution in [0.4, 0.5) is 22.0 Å². The van der Waals surface area contributed by atoms with Crippen molar-refractivity contribution in [2.75, 3.05) is 47.1 Å². The topological polar surface area (TPSA) is 135 Å². The monoisotopic (exact) mass is 569 g/mol. The summed E-state index contributed by atoms with van der Waals surface area (Å²) in [5.41, 5.74) is 10.9. The van der Waals surface area contributed by atoms with Gasteiger partial charge in [0.2, 0.25) is 0 Å². The highest BCUT2D eigenvalue weighted by molar-refractivity contribution is 7.99. The molecule has 1 saturated heterocycles. The largest absolute Gasteiger partial charge is 0.445 e. The Balaban J connectivity index is 1.18. The highest BCUT2D eigenvalue weighted by Gasteiger charge is 2.20. The smallest absolute Gasteiger partial charge is 0.407 e. The van der Waals surface area contributed by atoms with Crippen LogP contribution in [0.3, 0.4) is 0 Å². The molecule has 0 aliphatic carbocycles. The molecule has 210 valence electrons. The maximum absolute atomic E-state index is 13.2. The zero-order valence-electron chi connectivity index (χ0n) is 22.5. The van der Waals surface area contributed by atoms with Gasteiger partial charge in [-0.1, -0.05) is 54.6 Å². The van der Waals surface area contributed by atoms with E-state index in [4.69, 9.17) is 10.5 Å². The average Bonchev–Trinajstić information content (AvgIpc) is 3.02. The van der Waals surface area contributed by atoms with Crippen LogP contribution in [0.5, 0.6) is 0 Å². The minimum atomic E-state index is -0.457. The van der Waals surface area contributed by atoms with E-state index in [-0.39, 0.29) is 18.1 Å². The highest BCUT2D eigenvalue weighted by atomic mass is 32.2. The Kier molecular flexibility index (Phi) is 9.27. The number of amides is 2. The molecule has 11 heteroatoms. The van der Waals surface area contributed by atoms with Crippen LogP contribution in [-0.4, -0.2) is 58.1 Å². The average molecular weight is 570 g/mol. The second kappa shape index (κ2) is 13.6. The zero-order chi connectivity index (χ0) is 28.4. The number of hydrogen-bond donors (Lipinski definition) is 3. The van der Waals surface area contributed by atoms with Crippen molar-refractivity contribution in [3.8, 4) is 11.3 Å². The van der Waals surface area contributed by atoms with E-state index in [0.717, 1.165) is 47.0 Å². The van der Waals surface area contributed by atoms with Crippen LogP contribution < -0.4 is 21.3 Å². The molecule has 1 aliphatic rings. The summed E-state index contributed by atoms with van der Waals surface area (Å²) in [6, 6.07) is 19.1. The molecule has 4 N–H and O–H groups in total. The van der Waals surface area contributed by atoms with E-state index in [1.54, 1.807) is 18.6 Å². The Morgan fingerprint density at radius 2 is 1.76 bits per heavy atom. The Morgan fingerprint density at radius 3 is 2.54 bits per heavy atom.